The summed E-state index contributed by atoms with van der Waals surface area (Å²) in [5.41, 5.74) is 1.19. The van der Waals surface area contributed by atoms with Crippen LogP contribution in [0.3, 0.4) is 0 Å². The van der Waals surface area contributed by atoms with Crippen molar-refractivity contribution < 1.29 is 4.42 Å². The largest absolute Gasteiger partial charge is 0.407 e. The zero-order chi connectivity index (χ0) is 12.1. The average molecular weight is 272 g/mol. The lowest BCUT2D eigenvalue weighted by Crippen LogP contribution is -2.04. The molecule has 0 fully saturated rings. The number of halogens is 2. The summed E-state index contributed by atoms with van der Waals surface area (Å²) in [4.78, 5) is 0. The Morgan fingerprint density at radius 2 is 1.94 bits per heavy atom. The molecule has 6 heteroatoms. The van der Waals surface area contributed by atoms with E-state index in [9.17, 15) is 0 Å². The third kappa shape index (κ3) is 3.61. The number of benzene rings is 1. The average Bonchev–Trinajstić information content (AvgIpc) is 2.80. The number of aromatic nitrogens is 2. The second-order valence-corrected chi connectivity index (χ2v) is 4.14. The van der Waals surface area contributed by atoms with Crippen molar-refractivity contribution in [2.45, 2.75) is 12.3 Å². The molecule has 90 valence electrons. The standard InChI is InChI=1S/C11H11Cl2N3O/c12-7-10-15-16-11(17-10)14-6-5-8-1-3-9(13)4-2-8/h1-4H,5-7H2,(H,14,16). The van der Waals surface area contributed by atoms with Crippen molar-refractivity contribution in [3.8, 4) is 0 Å². The molecule has 2 rings (SSSR count). The van der Waals surface area contributed by atoms with Crippen LogP contribution in [0.5, 0.6) is 0 Å². The molecule has 0 radical (unpaired) electrons. The minimum absolute atomic E-state index is 0.228. The Hall–Kier alpha value is -1.26. The van der Waals surface area contributed by atoms with Crippen molar-refractivity contribution in [3.63, 3.8) is 0 Å². The molecule has 17 heavy (non-hydrogen) atoms. The molecule has 1 heterocycles. The molecule has 2 aromatic rings. The number of nitrogens with zero attached hydrogens (tertiary/aromatic N) is 2. The lowest BCUT2D eigenvalue weighted by atomic mass is 10.1. The van der Waals surface area contributed by atoms with Crippen molar-refractivity contribution in [1.29, 1.82) is 0 Å². The van der Waals surface area contributed by atoms with Gasteiger partial charge in [-0.05, 0) is 24.1 Å². The molecule has 0 saturated carbocycles. The van der Waals surface area contributed by atoms with Gasteiger partial charge in [-0.15, -0.1) is 16.7 Å². The van der Waals surface area contributed by atoms with Gasteiger partial charge in [0, 0.05) is 11.6 Å². The topological polar surface area (TPSA) is 51.0 Å². The van der Waals surface area contributed by atoms with Crippen LogP contribution in [0.4, 0.5) is 6.01 Å². The summed E-state index contributed by atoms with van der Waals surface area (Å²) in [7, 11) is 0. The molecule has 1 N–H and O–H groups in total. The van der Waals surface area contributed by atoms with E-state index in [1.165, 1.54) is 5.56 Å². The minimum Gasteiger partial charge on any atom is -0.407 e. The van der Waals surface area contributed by atoms with Gasteiger partial charge in [-0.25, -0.2) is 0 Å². The van der Waals surface area contributed by atoms with Crippen molar-refractivity contribution in [1.82, 2.24) is 10.2 Å². The van der Waals surface area contributed by atoms with Gasteiger partial charge in [0.25, 0.3) is 0 Å². The SMILES string of the molecule is ClCc1nnc(NCCc2ccc(Cl)cc2)o1. The van der Waals surface area contributed by atoms with Gasteiger partial charge in [-0.3, -0.25) is 0 Å². The van der Waals surface area contributed by atoms with Gasteiger partial charge in [-0.2, -0.15) is 0 Å². The zero-order valence-electron chi connectivity index (χ0n) is 8.99. The number of alkyl halides is 1. The number of hydrogen-bond acceptors (Lipinski definition) is 4. The predicted octanol–water partition coefficient (Wildman–Crippen LogP) is 3.12. The maximum Gasteiger partial charge on any atom is 0.315 e. The number of rotatable bonds is 5. The van der Waals surface area contributed by atoms with Crippen LogP contribution in [0.15, 0.2) is 28.7 Å². The summed E-state index contributed by atoms with van der Waals surface area (Å²) in [6, 6.07) is 8.11. The van der Waals surface area contributed by atoms with E-state index in [2.05, 4.69) is 15.5 Å². The van der Waals surface area contributed by atoms with E-state index < -0.39 is 0 Å². The van der Waals surface area contributed by atoms with Crippen LogP contribution in [0.2, 0.25) is 5.02 Å². The van der Waals surface area contributed by atoms with Crippen LogP contribution >= 0.6 is 23.2 Å². The Balaban J connectivity index is 1.81. The van der Waals surface area contributed by atoms with E-state index >= 15 is 0 Å². The molecule has 1 aromatic carbocycles. The van der Waals surface area contributed by atoms with Gasteiger partial charge in [0.2, 0.25) is 5.89 Å². The van der Waals surface area contributed by atoms with E-state index in [0.717, 1.165) is 11.4 Å². The monoisotopic (exact) mass is 271 g/mol. The van der Waals surface area contributed by atoms with Crippen LogP contribution in [0.1, 0.15) is 11.5 Å². The first-order valence-electron chi connectivity index (χ1n) is 5.14. The van der Waals surface area contributed by atoms with Gasteiger partial charge in [0.1, 0.15) is 5.88 Å². The fourth-order valence-corrected chi connectivity index (χ4v) is 1.58. The Morgan fingerprint density at radius 3 is 2.59 bits per heavy atom. The van der Waals surface area contributed by atoms with Crippen LogP contribution in [0.25, 0.3) is 0 Å². The first-order chi connectivity index (χ1) is 8.28. The van der Waals surface area contributed by atoms with Gasteiger partial charge >= 0.3 is 6.01 Å². The highest BCUT2D eigenvalue weighted by atomic mass is 35.5. The molecule has 0 unspecified atom stereocenters. The quantitative estimate of drug-likeness (QED) is 0.849. The van der Waals surface area contributed by atoms with E-state index in [1.54, 1.807) is 0 Å². The second kappa shape index (κ2) is 5.89. The normalized spacial score (nSPS) is 10.5. The van der Waals surface area contributed by atoms with Crippen LogP contribution in [-0.2, 0) is 12.3 Å². The maximum atomic E-state index is 5.80. The number of nitrogens with one attached hydrogen (secondary N) is 1. The Kier molecular flexibility index (Phi) is 4.23. The third-order valence-electron chi connectivity index (χ3n) is 2.18. The molecule has 0 amide bonds. The summed E-state index contributed by atoms with van der Waals surface area (Å²) in [5, 5.41) is 11.3. The summed E-state index contributed by atoms with van der Waals surface area (Å²) in [6.45, 7) is 0.714. The van der Waals surface area contributed by atoms with Gasteiger partial charge < -0.3 is 9.73 Å². The molecule has 0 atom stereocenters. The van der Waals surface area contributed by atoms with Crippen molar-refractivity contribution in [2.75, 3.05) is 11.9 Å². The maximum absolute atomic E-state index is 5.80. The molecular weight excluding hydrogens is 261 g/mol. The second-order valence-electron chi connectivity index (χ2n) is 3.44. The summed E-state index contributed by atoms with van der Waals surface area (Å²) in [6.07, 6.45) is 0.857. The first kappa shape index (κ1) is 12.2. The van der Waals surface area contributed by atoms with Gasteiger partial charge in [0.05, 0.1) is 0 Å². The zero-order valence-corrected chi connectivity index (χ0v) is 10.5. The molecule has 0 aliphatic rings. The molecule has 0 saturated heterocycles. The van der Waals surface area contributed by atoms with E-state index in [-0.39, 0.29) is 5.88 Å². The number of anilines is 1. The fraction of sp³-hybridized carbons (Fsp3) is 0.273. The molecular formula is C11H11Cl2N3O. The lowest BCUT2D eigenvalue weighted by molar-refractivity contribution is 0.525. The highest BCUT2D eigenvalue weighted by Crippen LogP contribution is 2.11. The van der Waals surface area contributed by atoms with E-state index in [1.807, 2.05) is 24.3 Å². The van der Waals surface area contributed by atoms with Crippen molar-refractivity contribution in [2.24, 2.45) is 0 Å². The van der Waals surface area contributed by atoms with Gasteiger partial charge in [-0.1, -0.05) is 28.8 Å². The Bertz CT molecular complexity index is 470. The highest BCUT2D eigenvalue weighted by molar-refractivity contribution is 6.30. The lowest BCUT2D eigenvalue weighted by Gasteiger charge is -2.01. The highest BCUT2D eigenvalue weighted by Gasteiger charge is 2.03. The van der Waals surface area contributed by atoms with Crippen LogP contribution in [-0.4, -0.2) is 16.7 Å². The summed E-state index contributed by atoms with van der Waals surface area (Å²) >= 11 is 11.3. The Morgan fingerprint density at radius 1 is 1.18 bits per heavy atom. The predicted molar refractivity (Wildman–Crippen MR) is 67.5 cm³/mol. The summed E-state index contributed by atoms with van der Waals surface area (Å²) in [5.74, 6) is 0.645. The first-order valence-corrected chi connectivity index (χ1v) is 6.06. The summed E-state index contributed by atoms with van der Waals surface area (Å²) < 4.78 is 5.20. The molecule has 0 spiro atoms. The minimum atomic E-state index is 0.228. The van der Waals surface area contributed by atoms with Crippen LogP contribution in [0, 0.1) is 0 Å². The molecule has 0 aliphatic heterocycles. The third-order valence-corrected chi connectivity index (χ3v) is 2.66. The van der Waals surface area contributed by atoms with E-state index in [4.69, 9.17) is 27.6 Å². The van der Waals surface area contributed by atoms with Crippen LogP contribution < -0.4 is 5.32 Å². The number of hydrogen-bond donors (Lipinski definition) is 1. The Labute approximate surface area is 109 Å². The fourth-order valence-electron chi connectivity index (χ4n) is 1.34. The smallest absolute Gasteiger partial charge is 0.315 e. The molecule has 0 bridgehead atoms. The molecule has 0 aliphatic carbocycles. The van der Waals surface area contributed by atoms with Crippen molar-refractivity contribution >= 4 is 29.2 Å². The molecule has 4 nitrogen and oxygen atoms in total. The molecule has 1 aromatic heterocycles. The van der Waals surface area contributed by atoms with E-state index in [0.29, 0.717) is 18.5 Å². The van der Waals surface area contributed by atoms with Gasteiger partial charge in [0.15, 0.2) is 0 Å². The van der Waals surface area contributed by atoms with Crippen molar-refractivity contribution in [3.05, 3.63) is 40.7 Å².